The third kappa shape index (κ3) is 1.49. The Bertz CT molecular complexity index is 493. The van der Waals surface area contributed by atoms with E-state index in [0.29, 0.717) is 5.56 Å². The maximum Gasteiger partial charge on any atom is 0.101 e. The Morgan fingerprint density at radius 2 is 2.36 bits per heavy atom. The number of rotatable bonds is 2. The molecule has 0 aliphatic rings. The van der Waals surface area contributed by atoms with E-state index in [1.807, 2.05) is 6.07 Å². The van der Waals surface area contributed by atoms with Crippen molar-refractivity contribution in [1.29, 1.82) is 5.26 Å². The SMILES string of the molecule is CCSc1ccc2c(C#N)c[nH]c2c1. The van der Waals surface area contributed by atoms with Crippen molar-refractivity contribution in [3.63, 3.8) is 0 Å². The minimum Gasteiger partial charge on any atom is -0.360 e. The van der Waals surface area contributed by atoms with Crippen molar-refractivity contribution in [2.45, 2.75) is 11.8 Å². The summed E-state index contributed by atoms with van der Waals surface area (Å²) < 4.78 is 0. The van der Waals surface area contributed by atoms with Crippen LogP contribution in [0.3, 0.4) is 0 Å². The number of thioether (sulfide) groups is 1. The first-order valence-electron chi connectivity index (χ1n) is 4.49. The number of benzene rings is 1. The first-order chi connectivity index (χ1) is 6.85. The number of nitrogens with one attached hydrogen (secondary N) is 1. The van der Waals surface area contributed by atoms with Crippen molar-refractivity contribution in [1.82, 2.24) is 4.98 Å². The van der Waals surface area contributed by atoms with Crippen molar-refractivity contribution >= 4 is 22.7 Å². The first kappa shape index (κ1) is 9.17. The van der Waals surface area contributed by atoms with E-state index in [0.717, 1.165) is 16.7 Å². The highest BCUT2D eigenvalue weighted by molar-refractivity contribution is 7.99. The summed E-state index contributed by atoms with van der Waals surface area (Å²) in [5.74, 6) is 1.07. The summed E-state index contributed by atoms with van der Waals surface area (Å²) >= 11 is 1.80. The van der Waals surface area contributed by atoms with Crippen LogP contribution in [0.2, 0.25) is 0 Å². The van der Waals surface area contributed by atoms with Crippen LogP contribution in [0.1, 0.15) is 12.5 Å². The summed E-state index contributed by atoms with van der Waals surface area (Å²) in [4.78, 5) is 4.34. The molecule has 2 rings (SSSR count). The van der Waals surface area contributed by atoms with E-state index in [2.05, 4.69) is 30.1 Å². The molecular weight excluding hydrogens is 192 g/mol. The number of H-pyrrole nitrogens is 1. The molecule has 1 N–H and O–H groups in total. The molecule has 0 aliphatic heterocycles. The molecule has 1 aromatic heterocycles. The van der Waals surface area contributed by atoms with Gasteiger partial charge in [0.05, 0.1) is 5.56 Å². The lowest BCUT2D eigenvalue weighted by Crippen LogP contribution is -1.74. The molecule has 1 heterocycles. The molecule has 0 unspecified atom stereocenters. The van der Waals surface area contributed by atoms with Gasteiger partial charge in [-0.25, -0.2) is 0 Å². The summed E-state index contributed by atoms with van der Waals surface area (Å²) in [5.41, 5.74) is 1.76. The van der Waals surface area contributed by atoms with Gasteiger partial charge < -0.3 is 4.98 Å². The second-order valence-electron chi connectivity index (χ2n) is 2.95. The number of hydrogen-bond donors (Lipinski definition) is 1. The number of nitrogens with zero attached hydrogens (tertiary/aromatic N) is 1. The quantitative estimate of drug-likeness (QED) is 0.760. The molecule has 0 amide bonds. The van der Waals surface area contributed by atoms with E-state index in [-0.39, 0.29) is 0 Å². The van der Waals surface area contributed by atoms with Crippen LogP contribution in [0, 0.1) is 11.3 Å². The van der Waals surface area contributed by atoms with Gasteiger partial charge in [-0.05, 0) is 17.9 Å². The second kappa shape index (κ2) is 3.77. The summed E-state index contributed by atoms with van der Waals surface area (Å²) in [6.45, 7) is 2.13. The summed E-state index contributed by atoms with van der Waals surface area (Å²) in [7, 11) is 0. The average molecular weight is 202 g/mol. The van der Waals surface area contributed by atoms with E-state index in [1.54, 1.807) is 18.0 Å². The molecule has 0 radical (unpaired) electrons. The van der Waals surface area contributed by atoms with E-state index in [4.69, 9.17) is 5.26 Å². The standard InChI is InChI=1S/C11H10N2S/c1-2-14-9-3-4-10-8(6-12)7-13-11(10)5-9/h3-5,7,13H,2H2,1H3. The minimum absolute atomic E-state index is 0.716. The van der Waals surface area contributed by atoms with Gasteiger partial charge in [-0.1, -0.05) is 13.0 Å². The topological polar surface area (TPSA) is 39.6 Å². The highest BCUT2D eigenvalue weighted by atomic mass is 32.2. The summed E-state index contributed by atoms with van der Waals surface area (Å²) in [5, 5.41) is 9.83. The van der Waals surface area contributed by atoms with E-state index < -0.39 is 0 Å². The largest absolute Gasteiger partial charge is 0.360 e. The van der Waals surface area contributed by atoms with Gasteiger partial charge in [0, 0.05) is 22.0 Å². The lowest BCUT2D eigenvalue weighted by Gasteiger charge is -1.97. The molecule has 1 aromatic carbocycles. The maximum absolute atomic E-state index is 8.82. The van der Waals surface area contributed by atoms with Crippen LogP contribution in [-0.2, 0) is 0 Å². The van der Waals surface area contributed by atoms with Crippen molar-refractivity contribution in [3.8, 4) is 6.07 Å². The van der Waals surface area contributed by atoms with Gasteiger partial charge in [-0.3, -0.25) is 0 Å². The Hall–Kier alpha value is -1.40. The molecule has 0 bridgehead atoms. The molecule has 70 valence electrons. The Morgan fingerprint density at radius 1 is 1.50 bits per heavy atom. The van der Waals surface area contributed by atoms with Crippen LogP contribution in [0.4, 0.5) is 0 Å². The Kier molecular flexibility index (Phi) is 2.47. The van der Waals surface area contributed by atoms with Crippen LogP contribution in [0.5, 0.6) is 0 Å². The fourth-order valence-electron chi connectivity index (χ4n) is 1.45. The van der Waals surface area contributed by atoms with E-state index in [1.165, 1.54) is 4.90 Å². The highest BCUT2D eigenvalue weighted by Crippen LogP contribution is 2.24. The minimum atomic E-state index is 0.716. The molecule has 0 saturated carbocycles. The summed E-state index contributed by atoms with van der Waals surface area (Å²) in [6.07, 6.45) is 1.76. The molecule has 14 heavy (non-hydrogen) atoms. The summed E-state index contributed by atoms with van der Waals surface area (Å²) in [6, 6.07) is 8.31. The zero-order valence-electron chi connectivity index (χ0n) is 7.87. The molecule has 0 spiro atoms. The fraction of sp³-hybridized carbons (Fsp3) is 0.182. The molecule has 3 heteroatoms. The molecule has 0 saturated heterocycles. The van der Waals surface area contributed by atoms with Crippen molar-refractivity contribution in [2.24, 2.45) is 0 Å². The van der Waals surface area contributed by atoms with Crippen molar-refractivity contribution < 1.29 is 0 Å². The van der Waals surface area contributed by atoms with Gasteiger partial charge >= 0.3 is 0 Å². The van der Waals surface area contributed by atoms with Crippen LogP contribution in [0.25, 0.3) is 10.9 Å². The number of fused-ring (bicyclic) bond motifs is 1. The molecule has 2 aromatic rings. The van der Waals surface area contributed by atoms with Crippen molar-refractivity contribution in [3.05, 3.63) is 30.0 Å². The van der Waals surface area contributed by atoms with Gasteiger partial charge in [-0.2, -0.15) is 5.26 Å². The predicted molar refractivity (Wildman–Crippen MR) is 59.4 cm³/mol. The van der Waals surface area contributed by atoms with Gasteiger partial charge in [0.15, 0.2) is 0 Å². The zero-order chi connectivity index (χ0) is 9.97. The molecule has 0 atom stereocenters. The molecular formula is C11H10N2S. The van der Waals surface area contributed by atoms with Gasteiger partial charge in [0.2, 0.25) is 0 Å². The van der Waals surface area contributed by atoms with Gasteiger partial charge in [0.25, 0.3) is 0 Å². The number of nitriles is 1. The van der Waals surface area contributed by atoms with Crippen LogP contribution >= 0.6 is 11.8 Å². The monoisotopic (exact) mass is 202 g/mol. The molecule has 0 fully saturated rings. The van der Waals surface area contributed by atoms with Crippen LogP contribution < -0.4 is 0 Å². The zero-order valence-corrected chi connectivity index (χ0v) is 8.69. The number of hydrogen-bond acceptors (Lipinski definition) is 2. The van der Waals surface area contributed by atoms with Crippen molar-refractivity contribution in [2.75, 3.05) is 5.75 Å². The lowest BCUT2D eigenvalue weighted by atomic mass is 10.2. The molecule has 0 aliphatic carbocycles. The Morgan fingerprint density at radius 3 is 3.07 bits per heavy atom. The van der Waals surface area contributed by atoms with Crippen LogP contribution in [0.15, 0.2) is 29.3 Å². The second-order valence-corrected chi connectivity index (χ2v) is 4.29. The lowest BCUT2D eigenvalue weighted by molar-refractivity contribution is 1.41. The third-order valence-electron chi connectivity index (χ3n) is 2.08. The maximum atomic E-state index is 8.82. The predicted octanol–water partition coefficient (Wildman–Crippen LogP) is 3.15. The Balaban J connectivity index is 2.53. The third-order valence-corrected chi connectivity index (χ3v) is 2.96. The van der Waals surface area contributed by atoms with E-state index >= 15 is 0 Å². The number of aromatic amines is 1. The van der Waals surface area contributed by atoms with Gasteiger partial charge in [0.1, 0.15) is 6.07 Å². The fourth-order valence-corrected chi connectivity index (χ4v) is 2.15. The molecule has 2 nitrogen and oxygen atoms in total. The Labute approximate surface area is 86.9 Å². The van der Waals surface area contributed by atoms with Crippen LogP contribution in [-0.4, -0.2) is 10.7 Å². The smallest absolute Gasteiger partial charge is 0.101 e. The van der Waals surface area contributed by atoms with E-state index in [9.17, 15) is 0 Å². The highest BCUT2D eigenvalue weighted by Gasteiger charge is 2.02. The average Bonchev–Trinajstić information content (AvgIpc) is 2.60. The number of aromatic nitrogens is 1. The normalized spacial score (nSPS) is 10.3. The van der Waals surface area contributed by atoms with Gasteiger partial charge in [-0.15, -0.1) is 11.8 Å². The first-order valence-corrected chi connectivity index (χ1v) is 5.47.